The fourth-order valence-electron chi connectivity index (χ4n) is 1.20. The number of phenols is 1. The predicted molar refractivity (Wildman–Crippen MR) is 59.6 cm³/mol. The lowest BCUT2D eigenvalue weighted by Crippen LogP contribution is -2.23. The smallest absolute Gasteiger partial charge is 0.243 e. The molecular weight excluding hydrogens is 190 g/mol. The summed E-state index contributed by atoms with van der Waals surface area (Å²) in [7, 11) is 0. The highest BCUT2D eigenvalue weighted by atomic mass is 16.3. The Morgan fingerprint density at radius 2 is 2.07 bits per heavy atom. The Morgan fingerprint density at radius 3 is 2.67 bits per heavy atom. The molecule has 1 aromatic rings. The van der Waals surface area contributed by atoms with Gasteiger partial charge in [0.25, 0.3) is 0 Å². The second-order valence-electron chi connectivity index (χ2n) is 3.21. The van der Waals surface area contributed by atoms with E-state index in [9.17, 15) is 4.79 Å². The number of phenolic OH excluding ortho intramolecular Hbond substituents is 1. The van der Waals surface area contributed by atoms with E-state index in [1.165, 1.54) is 6.08 Å². The van der Waals surface area contributed by atoms with Crippen molar-refractivity contribution < 1.29 is 9.90 Å². The lowest BCUT2D eigenvalue weighted by Gasteiger charge is -2.02. The third-order valence-corrected chi connectivity index (χ3v) is 1.97. The molecule has 0 radical (unpaired) electrons. The van der Waals surface area contributed by atoms with Crippen LogP contribution in [-0.2, 0) is 11.2 Å². The number of hydrogen-bond acceptors (Lipinski definition) is 2. The van der Waals surface area contributed by atoms with E-state index in [4.69, 9.17) is 5.11 Å². The molecule has 0 bridgehead atoms. The van der Waals surface area contributed by atoms with Crippen molar-refractivity contribution in [3.05, 3.63) is 42.0 Å². The average molecular weight is 205 g/mol. The third kappa shape index (κ3) is 4.31. The van der Waals surface area contributed by atoms with Gasteiger partial charge < -0.3 is 10.4 Å². The molecule has 80 valence electrons. The maximum Gasteiger partial charge on any atom is 0.243 e. The maximum absolute atomic E-state index is 11.0. The summed E-state index contributed by atoms with van der Waals surface area (Å²) in [5.74, 6) is 0.188. The van der Waals surface area contributed by atoms with Crippen molar-refractivity contribution in [1.29, 1.82) is 0 Å². The number of hydrogen-bond donors (Lipinski definition) is 2. The first-order valence-corrected chi connectivity index (χ1v) is 4.91. The zero-order valence-corrected chi connectivity index (χ0v) is 8.73. The molecule has 1 amide bonds. The molecule has 0 atom stereocenters. The van der Waals surface area contributed by atoms with Crippen LogP contribution in [0, 0.1) is 0 Å². The second-order valence-corrected chi connectivity index (χ2v) is 3.21. The van der Waals surface area contributed by atoms with Crippen LogP contribution in [0.15, 0.2) is 36.4 Å². The Bertz CT molecular complexity index is 341. The lowest BCUT2D eigenvalue weighted by molar-refractivity contribution is -0.116. The molecule has 0 saturated heterocycles. The molecule has 0 spiro atoms. The second kappa shape index (κ2) is 5.86. The summed E-state index contributed by atoms with van der Waals surface area (Å²) < 4.78 is 0. The molecule has 0 aliphatic heterocycles. The van der Waals surface area contributed by atoms with Gasteiger partial charge in [0.05, 0.1) is 0 Å². The van der Waals surface area contributed by atoms with E-state index in [1.807, 2.05) is 12.1 Å². The minimum Gasteiger partial charge on any atom is -0.508 e. The number of carbonyl (C=O) groups is 1. The summed E-state index contributed by atoms with van der Waals surface area (Å²) in [6.45, 7) is 2.41. The van der Waals surface area contributed by atoms with Crippen LogP contribution in [0.5, 0.6) is 5.75 Å². The minimum atomic E-state index is -0.0729. The van der Waals surface area contributed by atoms with Gasteiger partial charge in [0.15, 0.2) is 0 Å². The van der Waals surface area contributed by atoms with E-state index in [2.05, 4.69) is 5.32 Å². The van der Waals surface area contributed by atoms with Crippen LogP contribution in [0.1, 0.15) is 12.5 Å². The Morgan fingerprint density at radius 1 is 1.40 bits per heavy atom. The molecule has 1 rings (SSSR count). The summed E-state index contributed by atoms with van der Waals surface area (Å²) in [6.07, 6.45) is 3.97. The van der Waals surface area contributed by atoms with Crippen LogP contribution in [0.25, 0.3) is 0 Å². The molecule has 0 fully saturated rings. The standard InChI is InChI=1S/C12H15NO2/c1-2-3-12(15)13-9-8-10-4-6-11(14)7-5-10/h2-7,14H,8-9H2,1H3,(H,13,15)/b3-2+. The van der Waals surface area contributed by atoms with Crippen molar-refractivity contribution in [1.82, 2.24) is 5.32 Å². The third-order valence-electron chi connectivity index (χ3n) is 1.97. The Labute approximate surface area is 89.4 Å². The largest absolute Gasteiger partial charge is 0.508 e. The van der Waals surface area contributed by atoms with E-state index in [0.717, 1.165) is 12.0 Å². The van der Waals surface area contributed by atoms with Gasteiger partial charge in [-0.1, -0.05) is 18.2 Å². The number of rotatable bonds is 4. The number of allylic oxidation sites excluding steroid dienone is 1. The molecule has 1 aromatic carbocycles. The molecule has 0 heterocycles. The molecule has 2 N–H and O–H groups in total. The Hall–Kier alpha value is -1.77. The van der Waals surface area contributed by atoms with E-state index in [0.29, 0.717) is 6.54 Å². The van der Waals surface area contributed by atoms with Crippen LogP contribution in [0.4, 0.5) is 0 Å². The first kappa shape index (κ1) is 11.3. The van der Waals surface area contributed by atoms with Crippen molar-refractivity contribution in [2.24, 2.45) is 0 Å². The molecule has 3 heteroatoms. The summed E-state index contributed by atoms with van der Waals surface area (Å²) in [5.41, 5.74) is 1.09. The zero-order chi connectivity index (χ0) is 11.1. The van der Waals surface area contributed by atoms with Gasteiger partial charge in [-0.15, -0.1) is 0 Å². The monoisotopic (exact) mass is 205 g/mol. The maximum atomic E-state index is 11.0. The van der Waals surface area contributed by atoms with Gasteiger partial charge in [-0.2, -0.15) is 0 Å². The number of carbonyl (C=O) groups excluding carboxylic acids is 1. The van der Waals surface area contributed by atoms with Gasteiger partial charge in [0.2, 0.25) is 5.91 Å². The van der Waals surface area contributed by atoms with E-state index >= 15 is 0 Å². The van der Waals surface area contributed by atoms with Crippen LogP contribution >= 0.6 is 0 Å². The molecule has 0 aliphatic rings. The van der Waals surface area contributed by atoms with Gasteiger partial charge in [0.1, 0.15) is 5.75 Å². The normalized spacial score (nSPS) is 10.5. The topological polar surface area (TPSA) is 49.3 Å². The number of aromatic hydroxyl groups is 1. The van der Waals surface area contributed by atoms with E-state index < -0.39 is 0 Å². The lowest BCUT2D eigenvalue weighted by atomic mass is 10.1. The fraction of sp³-hybridized carbons (Fsp3) is 0.250. The molecule has 0 saturated carbocycles. The Balaban J connectivity index is 2.32. The molecule has 0 aliphatic carbocycles. The molecule has 0 aromatic heterocycles. The van der Waals surface area contributed by atoms with Crippen molar-refractivity contribution >= 4 is 5.91 Å². The average Bonchev–Trinajstić information content (AvgIpc) is 2.21. The fourth-order valence-corrected chi connectivity index (χ4v) is 1.20. The van der Waals surface area contributed by atoms with Crippen LogP contribution < -0.4 is 5.32 Å². The number of amides is 1. The van der Waals surface area contributed by atoms with E-state index in [1.54, 1.807) is 25.1 Å². The van der Waals surface area contributed by atoms with Crippen molar-refractivity contribution in [3.63, 3.8) is 0 Å². The molecule has 0 unspecified atom stereocenters. The van der Waals surface area contributed by atoms with Gasteiger partial charge in [-0.25, -0.2) is 0 Å². The SMILES string of the molecule is C/C=C/C(=O)NCCc1ccc(O)cc1. The highest BCUT2D eigenvalue weighted by Gasteiger charge is 1.95. The van der Waals surface area contributed by atoms with Gasteiger partial charge >= 0.3 is 0 Å². The van der Waals surface area contributed by atoms with Gasteiger partial charge in [-0.05, 0) is 37.1 Å². The zero-order valence-electron chi connectivity index (χ0n) is 8.73. The van der Waals surface area contributed by atoms with Crippen molar-refractivity contribution in [2.75, 3.05) is 6.54 Å². The summed E-state index contributed by atoms with van der Waals surface area (Å²) in [4.78, 5) is 11.0. The van der Waals surface area contributed by atoms with Crippen LogP contribution in [-0.4, -0.2) is 17.6 Å². The summed E-state index contributed by atoms with van der Waals surface area (Å²) in [6, 6.07) is 6.97. The predicted octanol–water partition coefficient (Wildman–Crippen LogP) is 1.63. The highest BCUT2D eigenvalue weighted by Crippen LogP contribution is 2.09. The highest BCUT2D eigenvalue weighted by molar-refractivity contribution is 5.87. The summed E-state index contributed by atoms with van der Waals surface area (Å²) >= 11 is 0. The van der Waals surface area contributed by atoms with Crippen molar-refractivity contribution in [3.8, 4) is 5.75 Å². The number of nitrogens with one attached hydrogen (secondary N) is 1. The molecule has 15 heavy (non-hydrogen) atoms. The van der Waals surface area contributed by atoms with Crippen LogP contribution in [0.2, 0.25) is 0 Å². The van der Waals surface area contributed by atoms with Crippen LogP contribution in [0.3, 0.4) is 0 Å². The molecular formula is C12H15NO2. The first-order chi connectivity index (χ1) is 7.22. The minimum absolute atomic E-state index is 0.0729. The van der Waals surface area contributed by atoms with E-state index in [-0.39, 0.29) is 11.7 Å². The van der Waals surface area contributed by atoms with Crippen molar-refractivity contribution in [2.45, 2.75) is 13.3 Å². The number of benzene rings is 1. The quantitative estimate of drug-likeness (QED) is 0.734. The molecule has 3 nitrogen and oxygen atoms in total. The Kier molecular flexibility index (Phi) is 4.41. The van der Waals surface area contributed by atoms with Gasteiger partial charge in [-0.3, -0.25) is 4.79 Å². The van der Waals surface area contributed by atoms with Gasteiger partial charge in [0, 0.05) is 6.54 Å². The summed E-state index contributed by atoms with van der Waals surface area (Å²) in [5, 5.41) is 11.8. The first-order valence-electron chi connectivity index (χ1n) is 4.91.